The molecule has 2 fully saturated rings. The predicted octanol–water partition coefficient (Wildman–Crippen LogP) is 2.13. The molecule has 4 rings (SSSR count). The molecule has 0 spiro atoms. The van der Waals surface area contributed by atoms with Gasteiger partial charge in [-0.15, -0.1) is 0 Å². The Balaban J connectivity index is 1.31. The third-order valence-electron chi connectivity index (χ3n) is 6.29. The highest BCUT2D eigenvalue weighted by Gasteiger charge is 2.35. The van der Waals surface area contributed by atoms with Crippen molar-refractivity contribution in [3.63, 3.8) is 0 Å². The Morgan fingerprint density at radius 2 is 1.68 bits per heavy atom. The maximum absolute atomic E-state index is 13.1. The maximum Gasteiger partial charge on any atom is 0.243 e. The molecule has 2 aromatic rings. The van der Waals surface area contributed by atoms with Gasteiger partial charge in [0.2, 0.25) is 17.7 Å². The summed E-state index contributed by atoms with van der Waals surface area (Å²) in [6, 6.07) is 14.4. The maximum atomic E-state index is 13.1. The van der Waals surface area contributed by atoms with E-state index >= 15 is 0 Å². The van der Waals surface area contributed by atoms with E-state index in [0.717, 1.165) is 37.4 Å². The zero-order valence-electron chi connectivity index (χ0n) is 19.3. The highest BCUT2D eigenvalue weighted by atomic mass is 35.5. The molecule has 34 heavy (non-hydrogen) atoms. The summed E-state index contributed by atoms with van der Waals surface area (Å²) in [5.41, 5.74) is 2.88. The number of benzene rings is 2. The van der Waals surface area contributed by atoms with Gasteiger partial charge in [-0.1, -0.05) is 29.3 Å². The molecule has 2 N–H and O–H groups in total. The number of aryl methyl sites for hydroxylation is 1. The molecule has 2 aliphatic rings. The number of amides is 3. The van der Waals surface area contributed by atoms with E-state index in [1.165, 1.54) is 0 Å². The zero-order valence-corrected chi connectivity index (χ0v) is 20.1. The summed E-state index contributed by atoms with van der Waals surface area (Å²) in [6.45, 7) is 6.09. The van der Waals surface area contributed by atoms with Gasteiger partial charge in [-0.25, -0.2) is 0 Å². The second-order valence-electron chi connectivity index (χ2n) is 8.75. The van der Waals surface area contributed by atoms with E-state index in [-0.39, 0.29) is 30.7 Å². The lowest BCUT2D eigenvalue weighted by Crippen LogP contribution is -2.60. The Hall–Kier alpha value is -3.10. The van der Waals surface area contributed by atoms with E-state index in [9.17, 15) is 14.4 Å². The average Bonchev–Trinajstić information content (AvgIpc) is 2.83. The van der Waals surface area contributed by atoms with E-state index < -0.39 is 6.04 Å². The van der Waals surface area contributed by atoms with E-state index in [0.29, 0.717) is 23.8 Å². The van der Waals surface area contributed by atoms with Crippen LogP contribution in [0.15, 0.2) is 48.5 Å². The second kappa shape index (κ2) is 10.9. The number of carbonyl (C=O) groups is 3. The lowest BCUT2D eigenvalue weighted by atomic mass is 10.1. The van der Waals surface area contributed by atoms with Gasteiger partial charge < -0.3 is 20.4 Å². The number of hydrogen-bond donors (Lipinski definition) is 2. The molecule has 0 saturated carbocycles. The van der Waals surface area contributed by atoms with Gasteiger partial charge in [-0.2, -0.15) is 0 Å². The molecule has 1 atom stereocenters. The van der Waals surface area contributed by atoms with Gasteiger partial charge in [-0.05, 0) is 43.3 Å². The van der Waals surface area contributed by atoms with Crippen molar-refractivity contribution in [3.05, 3.63) is 59.1 Å². The lowest BCUT2D eigenvalue weighted by Gasteiger charge is -2.39. The van der Waals surface area contributed by atoms with Crippen molar-refractivity contribution in [2.45, 2.75) is 19.4 Å². The molecule has 3 amide bonds. The molecule has 0 bridgehead atoms. The van der Waals surface area contributed by atoms with Gasteiger partial charge >= 0.3 is 0 Å². The summed E-state index contributed by atoms with van der Waals surface area (Å²) in [6.07, 6.45) is -0.0736. The summed E-state index contributed by atoms with van der Waals surface area (Å²) in [4.78, 5) is 44.2. The summed E-state index contributed by atoms with van der Waals surface area (Å²) in [5.74, 6) is -0.700. The molecule has 2 saturated heterocycles. The number of halogens is 1. The molecule has 0 radical (unpaired) electrons. The molecule has 8 nitrogen and oxygen atoms in total. The highest BCUT2D eigenvalue weighted by molar-refractivity contribution is 6.30. The van der Waals surface area contributed by atoms with E-state index in [1.807, 2.05) is 55.5 Å². The van der Waals surface area contributed by atoms with Crippen LogP contribution in [0.3, 0.4) is 0 Å². The van der Waals surface area contributed by atoms with Gasteiger partial charge in [0.25, 0.3) is 0 Å². The standard InChI is InChI=1S/C25H30ClN5O3/c1-18-2-6-20(7-3-18)28-23(32)16-22-25(34)27-10-11-31(22)24(33)17-29-12-14-30(15-13-29)21-8-4-19(26)5-9-21/h2-9,22H,10-17H2,1H3,(H,27,34)(H,28,32). The zero-order chi connectivity index (χ0) is 24.1. The minimum absolute atomic E-state index is 0.0736. The van der Waals surface area contributed by atoms with Crippen LogP contribution in [0, 0.1) is 6.92 Å². The minimum atomic E-state index is -0.804. The lowest BCUT2D eigenvalue weighted by molar-refractivity contribution is -0.145. The summed E-state index contributed by atoms with van der Waals surface area (Å²) in [7, 11) is 0. The molecule has 180 valence electrons. The van der Waals surface area contributed by atoms with Crippen LogP contribution in [0.5, 0.6) is 0 Å². The Morgan fingerprint density at radius 1 is 1.00 bits per heavy atom. The molecule has 0 aromatic heterocycles. The van der Waals surface area contributed by atoms with Crippen LogP contribution >= 0.6 is 11.6 Å². The molecule has 9 heteroatoms. The first-order valence-electron chi connectivity index (χ1n) is 11.6. The average molecular weight is 484 g/mol. The van der Waals surface area contributed by atoms with Gasteiger partial charge in [0.15, 0.2) is 0 Å². The first-order chi connectivity index (χ1) is 16.4. The Kier molecular flexibility index (Phi) is 7.70. The van der Waals surface area contributed by atoms with Crippen molar-refractivity contribution in [2.24, 2.45) is 0 Å². The quantitative estimate of drug-likeness (QED) is 0.657. The largest absolute Gasteiger partial charge is 0.369 e. The summed E-state index contributed by atoms with van der Waals surface area (Å²) < 4.78 is 0. The van der Waals surface area contributed by atoms with Gasteiger partial charge in [0, 0.05) is 55.7 Å². The van der Waals surface area contributed by atoms with Crippen LogP contribution in [0.1, 0.15) is 12.0 Å². The summed E-state index contributed by atoms with van der Waals surface area (Å²) in [5, 5.41) is 6.31. The summed E-state index contributed by atoms with van der Waals surface area (Å²) >= 11 is 5.98. The van der Waals surface area contributed by atoms with Gasteiger partial charge in [0.05, 0.1) is 13.0 Å². The number of nitrogens with zero attached hydrogens (tertiary/aromatic N) is 3. The van der Waals surface area contributed by atoms with Crippen LogP contribution in [-0.2, 0) is 14.4 Å². The fourth-order valence-corrected chi connectivity index (χ4v) is 4.46. The number of carbonyl (C=O) groups excluding carboxylic acids is 3. The Morgan fingerprint density at radius 3 is 2.35 bits per heavy atom. The number of rotatable bonds is 6. The van der Waals surface area contributed by atoms with E-state index in [2.05, 4.69) is 20.4 Å². The normalized spacial score (nSPS) is 19.0. The molecule has 0 aliphatic carbocycles. The molecular formula is C25H30ClN5O3. The van der Waals surface area contributed by atoms with Crippen molar-refractivity contribution in [3.8, 4) is 0 Å². The first kappa shape index (κ1) is 24.0. The third kappa shape index (κ3) is 6.07. The molecule has 1 unspecified atom stereocenters. The van der Waals surface area contributed by atoms with E-state index in [4.69, 9.17) is 11.6 Å². The topological polar surface area (TPSA) is 85.0 Å². The predicted molar refractivity (Wildman–Crippen MR) is 133 cm³/mol. The molecule has 2 aliphatic heterocycles. The van der Waals surface area contributed by atoms with Crippen LogP contribution in [-0.4, -0.2) is 79.4 Å². The smallest absolute Gasteiger partial charge is 0.243 e. The van der Waals surface area contributed by atoms with Crippen molar-refractivity contribution in [1.29, 1.82) is 0 Å². The van der Waals surface area contributed by atoms with Crippen molar-refractivity contribution < 1.29 is 14.4 Å². The van der Waals surface area contributed by atoms with Gasteiger partial charge in [-0.3, -0.25) is 19.3 Å². The number of nitrogens with one attached hydrogen (secondary N) is 2. The Labute approximate surface area is 204 Å². The third-order valence-corrected chi connectivity index (χ3v) is 6.54. The van der Waals surface area contributed by atoms with Crippen LogP contribution in [0.4, 0.5) is 11.4 Å². The highest BCUT2D eigenvalue weighted by Crippen LogP contribution is 2.20. The number of hydrogen-bond acceptors (Lipinski definition) is 5. The van der Waals surface area contributed by atoms with Gasteiger partial charge in [0.1, 0.15) is 6.04 Å². The number of anilines is 2. The van der Waals surface area contributed by atoms with Crippen LogP contribution in [0.2, 0.25) is 5.02 Å². The SMILES string of the molecule is Cc1ccc(NC(=O)CC2C(=O)NCCN2C(=O)CN2CCN(c3ccc(Cl)cc3)CC2)cc1. The molecular weight excluding hydrogens is 454 g/mol. The fraction of sp³-hybridized carbons (Fsp3) is 0.400. The second-order valence-corrected chi connectivity index (χ2v) is 9.19. The Bertz CT molecular complexity index is 1020. The fourth-order valence-electron chi connectivity index (χ4n) is 4.34. The number of piperazine rings is 2. The molecule has 2 heterocycles. The minimum Gasteiger partial charge on any atom is -0.369 e. The van der Waals surface area contributed by atoms with Crippen molar-refractivity contribution in [1.82, 2.24) is 15.1 Å². The van der Waals surface area contributed by atoms with Crippen molar-refractivity contribution in [2.75, 3.05) is 56.0 Å². The monoisotopic (exact) mass is 483 g/mol. The molecule has 2 aromatic carbocycles. The van der Waals surface area contributed by atoms with Crippen molar-refractivity contribution >= 4 is 40.7 Å². The van der Waals surface area contributed by atoms with E-state index in [1.54, 1.807) is 4.90 Å². The van der Waals surface area contributed by atoms with Crippen LogP contribution < -0.4 is 15.5 Å². The first-order valence-corrected chi connectivity index (χ1v) is 11.9. The van der Waals surface area contributed by atoms with Crippen LogP contribution in [0.25, 0.3) is 0 Å².